The average Bonchev–Trinajstić information content (AvgIpc) is 2.67. The SMILES string of the molecule is COc1cccc2c1C(NC1OCc3c[c]ccc3N1C(N)=O)CCC2. The Morgan fingerprint density at radius 3 is 3.08 bits per heavy atom. The van der Waals surface area contributed by atoms with Crippen LogP contribution in [0.25, 0.3) is 0 Å². The van der Waals surface area contributed by atoms with E-state index in [9.17, 15) is 4.79 Å². The molecule has 0 bridgehead atoms. The van der Waals surface area contributed by atoms with Gasteiger partial charge in [0, 0.05) is 17.2 Å². The topological polar surface area (TPSA) is 76.8 Å². The fourth-order valence-electron chi connectivity index (χ4n) is 3.89. The van der Waals surface area contributed by atoms with Crippen LogP contribution in [0.5, 0.6) is 5.75 Å². The number of fused-ring (bicyclic) bond motifs is 2. The van der Waals surface area contributed by atoms with Gasteiger partial charge in [0.15, 0.2) is 6.35 Å². The maximum Gasteiger partial charge on any atom is 0.322 e. The number of benzene rings is 2. The summed E-state index contributed by atoms with van der Waals surface area (Å²) in [4.78, 5) is 13.6. The second kappa shape index (κ2) is 6.97. The van der Waals surface area contributed by atoms with Crippen LogP contribution in [0.3, 0.4) is 0 Å². The largest absolute Gasteiger partial charge is 0.496 e. The van der Waals surface area contributed by atoms with Crippen molar-refractivity contribution in [3.8, 4) is 5.75 Å². The highest BCUT2D eigenvalue weighted by molar-refractivity contribution is 5.92. The number of rotatable bonds is 3. The summed E-state index contributed by atoms with van der Waals surface area (Å²) in [6.07, 6.45) is 2.40. The number of hydrogen-bond acceptors (Lipinski definition) is 4. The van der Waals surface area contributed by atoms with E-state index in [0.29, 0.717) is 6.61 Å². The van der Waals surface area contributed by atoms with Gasteiger partial charge in [0.25, 0.3) is 0 Å². The van der Waals surface area contributed by atoms with Crippen molar-refractivity contribution in [3.05, 3.63) is 59.2 Å². The van der Waals surface area contributed by atoms with Crippen LogP contribution in [0.1, 0.15) is 35.6 Å². The van der Waals surface area contributed by atoms with E-state index in [0.717, 1.165) is 41.8 Å². The Bertz CT molecular complexity index is 809. The first kappa shape index (κ1) is 16.9. The van der Waals surface area contributed by atoms with Crippen LogP contribution in [0.2, 0.25) is 0 Å². The number of carbonyl (C=O) groups is 1. The lowest BCUT2D eigenvalue weighted by molar-refractivity contribution is 0.00250. The standard InChI is InChI=1S/C20H22N3O3/c1-25-17-11-5-8-13-7-4-9-15(18(13)17)22-20-23(19(21)24)16-10-3-2-6-14(16)12-26-20/h3,5-6,8,10-11,15,20,22H,4,7,9,12H2,1H3,(H2,21,24). The highest BCUT2D eigenvalue weighted by Crippen LogP contribution is 2.38. The van der Waals surface area contributed by atoms with Gasteiger partial charge in [-0.2, -0.15) is 0 Å². The molecule has 135 valence electrons. The van der Waals surface area contributed by atoms with Crippen molar-refractivity contribution >= 4 is 11.7 Å². The molecule has 1 heterocycles. The van der Waals surface area contributed by atoms with Gasteiger partial charge in [-0.15, -0.1) is 0 Å². The summed E-state index contributed by atoms with van der Waals surface area (Å²) in [6.45, 7) is 0.402. The van der Waals surface area contributed by atoms with Gasteiger partial charge in [0.2, 0.25) is 0 Å². The number of primary amides is 1. The molecule has 0 saturated heterocycles. The first-order valence-electron chi connectivity index (χ1n) is 8.80. The zero-order chi connectivity index (χ0) is 18.1. The Kier molecular flexibility index (Phi) is 4.53. The molecule has 0 spiro atoms. The fourth-order valence-corrected chi connectivity index (χ4v) is 3.89. The third-order valence-electron chi connectivity index (χ3n) is 5.06. The summed E-state index contributed by atoms with van der Waals surface area (Å²) in [5.74, 6) is 0.858. The molecule has 0 saturated carbocycles. The molecule has 2 aliphatic rings. The van der Waals surface area contributed by atoms with Gasteiger partial charge < -0.3 is 15.2 Å². The van der Waals surface area contributed by atoms with Gasteiger partial charge in [-0.3, -0.25) is 10.2 Å². The maximum atomic E-state index is 12.1. The lowest BCUT2D eigenvalue weighted by Gasteiger charge is -2.39. The molecule has 6 nitrogen and oxygen atoms in total. The predicted molar refractivity (Wildman–Crippen MR) is 97.7 cm³/mol. The van der Waals surface area contributed by atoms with Gasteiger partial charge in [-0.25, -0.2) is 4.79 Å². The van der Waals surface area contributed by atoms with E-state index in [4.69, 9.17) is 15.2 Å². The summed E-state index contributed by atoms with van der Waals surface area (Å²) in [5.41, 5.74) is 9.72. The molecule has 2 aromatic rings. The monoisotopic (exact) mass is 352 g/mol. The van der Waals surface area contributed by atoms with Crippen molar-refractivity contribution in [2.75, 3.05) is 12.0 Å². The van der Waals surface area contributed by atoms with Gasteiger partial charge in [0.05, 0.1) is 19.4 Å². The number of carbonyl (C=O) groups excluding carboxylic acids is 1. The van der Waals surface area contributed by atoms with E-state index < -0.39 is 12.4 Å². The first-order chi connectivity index (χ1) is 12.7. The Balaban J connectivity index is 1.65. The number of aryl methyl sites for hydroxylation is 1. The second-order valence-corrected chi connectivity index (χ2v) is 6.57. The molecule has 2 atom stereocenters. The third kappa shape index (κ3) is 2.91. The van der Waals surface area contributed by atoms with Gasteiger partial charge in [0.1, 0.15) is 5.75 Å². The Morgan fingerprint density at radius 1 is 1.38 bits per heavy atom. The van der Waals surface area contributed by atoms with Crippen LogP contribution in [0.4, 0.5) is 10.5 Å². The van der Waals surface area contributed by atoms with Crippen molar-refractivity contribution in [1.29, 1.82) is 0 Å². The van der Waals surface area contributed by atoms with E-state index in [1.54, 1.807) is 13.2 Å². The van der Waals surface area contributed by atoms with Crippen molar-refractivity contribution < 1.29 is 14.3 Å². The second-order valence-electron chi connectivity index (χ2n) is 6.57. The molecule has 1 aliphatic carbocycles. The molecule has 6 heteroatoms. The third-order valence-corrected chi connectivity index (χ3v) is 5.06. The number of amides is 2. The minimum Gasteiger partial charge on any atom is -0.496 e. The number of ether oxygens (including phenoxy) is 2. The summed E-state index contributed by atoms with van der Waals surface area (Å²) in [6, 6.07) is 14.0. The van der Waals surface area contributed by atoms with E-state index in [-0.39, 0.29) is 6.04 Å². The lowest BCUT2D eigenvalue weighted by atomic mass is 9.87. The molecule has 2 unspecified atom stereocenters. The van der Waals surface area contributed by atoms with Crippen LogP contribution in [-0.2, 0) is 17.8 Å². The fraction of sp³-hybridized carbons (Fsp3) is 0.350. The van der Waals surface area contributed by atoms with E-state index in [1.165, 1.54) is 10.5 Å². The number of hydrogen-bond donors (Lipinski definition) is 2. The molecule has 26 heavy (non-hydrogen) atoms. The molecule has 1 aliphatic heterocycles. The van der Waals surface area contributed by atoms with Crippen molar-refractivity contribution in [1.82, 2.24) is 5.32 Å². The molecule has 2 amide bonds. The Labute approximate surface area is 152 Å². The van der Waals surface area contributed by atoms with Gasteiger partial charge in [-0.1, -0.05) is 18.2 Å². The normalized spacial score (nSPS) is 21.7. The lowest BCUT2D eigenvalue weighted by Crippen LogP contribution is -2.56. The maximum absolute atomic E-state index is 12.1. The summed E-state index contributed by atoms with van der Waals surface area (Å²) >= 11 is 0. The number of nitrogens with one attached hydrogen (secondary N) is 1. The van der Waals surface area contributed by atoms with Crippen molar-refractivity contribution in [2.45, 2.75) is 38.3 Å². The predicted octanol–water partition coefficient (Wildman–Crippen LogP) is 2.86. The number of methoxy groups -OCH3 is 1. The molecular weight excluding hydrogens is 330 g/mol. The summed E-state index contributed by atoms with van der Waals surface area (Å²) in [5, 5.41) is 3.47. The molecule has 4 rings (SSSR count). The van der Waals surface area contributed by atoms with Crippen LogP contribution < -0.4 is 20.7 Å². The van der Waals surface area contributed by atoms with E-state index >= 15 is 0 Å². The smallest absolute Gasteiger partial charge is 0.322 e. The van der Waals surface area contributed by atoms with Gasteiger partial charge >= 0.3 is 6.03 Å². The van der Waals surface area contributed by atoms with Crippen molar-refractivity contribution in [2.24, 2.45) is 5.73 Å². The van der Waals surface area contributed by atoms with E-state index in [2.05, 4.69) is 17.4 Å². The first-order valence-corrected chi connectivity index (χ1v) is 8.80. The van der Waals surface area contributed by atoms with Crippen LogP contribution >= 0.6 is 0 Å². The van der Waals surface area contributed by atoms with Crippen LogP contribution in [-0.4, -0.2) is 19.5 Å². The zero-order valence-corrected chi connectivity index (χ0v) is 14.7. The molecular formula is C20H22N3O3. The van der Waals surface area contributed by atoms with E-state index in [1.807, 2.05) is 24.3 Å². The van der Waals surface area contributed by atoms with Crippen LogP contribution in [0, 0.1) is 6.07 Å². The number of urea groups is 1. The highest BCUT2D eigenvalue weighted by Gasteiger charge is 2.34. The zero-order valence-electron chi connectivity index (χ0n) is 14.7. The molecule has 0 fully saturated rings. The van der Waals surface area contributed by atoms with Crippen LogP contribution in [0.15, 0.2) is 36.4 Å². The number of nitrogens with zero attached hydrogens (tertiary/aromatic N) is 1. The number of anilines is 1. The highest BCUT2D eigenvalue weighted by atomic mass is 16.5. The minimum absolute atomic E-state index is 0.0265. The Hall–Kier alpha value is -2.57. The summed E-state index contributed by atoms with van der Waals surface area (Å²) < 4.78 is 11.5. The molecule has 3 N–H and O–H groups in total. The number of nitrogens with two attached hydrogens (primary N) is 1. The molecule has 1 radical (unpaired) electrons. The van der Waals surface area contributed by atoms with Crippen molar-refractivity contribution in [3.63, 3.8) is 0 Å². The molecule has 0 aromatic heterocycles. The minimum atomic E-state index is -0.622. The van der Waals surface area contributed by atoms with Gasteiger partial charge in [-0.05, 0) is 49.1 Å². The Morgan fingerprint density at radius 2 is 2.27 bits per heavy atom. The summed E-state index contributed by atoms with van der Waals surface area (Å²) in [7, 11) is 1.68. The molecule has 2 aromatic carbocycles. The average molecular weight is 352 g/mol. The quantitative estimate of drug-likeness (QED) is 0.890.